The second-order valence-corrected chi connectivity index (χ2v) is 4.12. The number of aromatic carboxylic acids is 1. The molecule has 1 heterocycles. The quantitative estimate of drug-likeness (QED) is 0.687. The zero-order valence-electron chi connectivity index (χ0n) is 9.83. The number of aromatic nitrogens is 2. The van der Waals surface area contributed by atoms with Gasteiger partial charge in [0.15, 0.2) is 5.69 Å². The van der Waals surface area contributed by atoms with Crippen LogP contribution in [0.2, 0.25) is 5.02 Å². The van der Waals surface area contributed by atoms with Gasteiger partial charge in [0, 0.05) is 12.1 Å². The summed E-state index contributed by atoms with van der Waals surface area (Å²) in [5, 5.41) is 13.1. The second-order valence-electron chi connectivity index (χ2n) is 3.68. The van der Waals surface area contributed by atoms with Gasteiger partial charge in [0.2, 0.25) is 0 Å². The summed E-state index contributed by atoms with van der Waals surface area (Å²) in [5.41, 5.74) is -0.345. The molecule has 1 N–H and O–H groups in total. The van der Waals surface area contributed by atoms with Crippen molar-refractivity contribution < 1.29 is 19.4 Å². The van der Waals surface area contributed by atoms with Gasteiger partial charge in [0.05, 0.1) is 6.20 Å². The van der Waals surface area contributed by atoms with E-state index in [-0.39, 0.29) is 17.0 Å². The first-order valence-corrected chi connectivity index (χ1v) is 5.60. The van der Waals surface area contributed by atoms with E-state index < -0.39 is 11.9 Å². The number of hydrogen-bond acceptors (Lipinski definition) is 4. The molecule has 0 spiro atoms. The number of ether oxygens (including phenoxy) is 1. The molecule has 0 aliphatic heterocycles. The molecule has 19 heavy (non-hydrogen) atoms. The average molecular weight is 281 g/mol. The Morgan fingerprint density at radius 3 is 2.79 bits per heavy atom. The summed E-state index contributed by atoms with van der Waals surface area (Å²) in [7, 11) is 1.46. The predicted molar refractivity (Wildman–Crippen MR) is 66.6 cm³/mol. The number of carboxylic acid groups (broad SMARTS) is 1. The van der Waals surface area contributed by atoms with Gasteiger partial charge in [-0.2, -0.15) is 5.10 Å². The standard InChI is InChI=1S/C12H9ClN2O4/c1-15-10(9(6-14-15)11(16)17)12(18)19-8-4-2-3-7(13)5-8/h2-6H,1H3,(H,16,17). The van der Waals surface area contributed by atoms with E-state index in [4.69, 9.17) is 21.4 Å². The highest BCUT2D eigenvalue weighted by molar-refractivity contribution is 6.30. The van der Waals surface area contributed by atoms with Crippen molar-refractivity contribution in [3.8, 4) is 5.75 Å². The third-order valence-electron chi connectivity index (χ3n) is 2.37. The van der Waals surface area contributed by atoms with Crippen LogP contribution in [0.3, 0.4) is 0 Å². The van der Waals surface area contributed by atoms with Gasteiger partial charge in [-0.15, -0.1) is 0 Å². The van der Waals surface area contributed by atoms with E-state index in [1.165, 1.54) is 13.1 Å². The maximum atomic E-state index is 11.9. The molecule has 1 aromatic carbocycles. The summed E-state index contributed by atoms with van der Waals surface area (Å²) < 4.78 is 6.21. The first-order valence-electron chi connectivity index (χ1n) is 5.22. The van der Waals surface area contributed by atoms with Crippen molar-refractivity contribution in [1.82, 2.24) is 9.78 Å². The molecule has 0 unspecified atom stereocenters. The van der Waals surface area contributed by atoms with Crippen molar-refractivity contribution in [1.29, 1.82) is 0 Å². The van der Waals surface area contributed by atoms with Crippen LogP contribution in [0.15, 0.2) is 30.5 Å². The lowest BCUT2D eigenvalue weighted by Crippen LogP contribution is -2.17. The van der Waals surface area contributed by atoms with Crippen LogP contribution >= 0.6 is 11.6 Å². The Labute approximate surface area is 113 Å². The van der Waals surface area contributed by atoms with Crippen LogP contribution in [0.1, 0.15) is 20.8 Å². The molecule has 0 radical (unpaired) electrons. The monoisotopic (exact) mass is 280 g/mol. The third kappa shape index (κ3) is 2.74. The number of hydrogen-bond donors (Lipinski definition) is 1. The summed E-state index contributed by atoms with van der Waals surface area (Å²) in [6.45, 7) is 0. The Hall–Kier alpha value is -2.34. The number of halogens is 1. The van der Waals surface area contributed by atoms with E-state index in [1.54, 1.807) is 18.2 Å². The normalized spacial score (nSPS) is 10.2. The number of esters is 1. The number of carbonyl (C=O) groups is 2. The van der Waals surface area contributed by atoms with Crippen molar-refractivity contribution in [3.05, 3.63) is 46.7 Å². The van der Waals surface area contributed by atoms with Crippen molar-refractivity contribution in [2.75, 3.05) is 0 Å². The SMILES string of the molecule is Cn1ncc(C(=O)O)c1C(=O)Oc1cccc(Cl)c1. The molecule has 0 saturated carbocycles. The number of aryl methyl sites for hydroxylation is 1. The van der Waals surface area contributed by atoms with Gasteiger partial charge in [-0.3, -0.25) is 4.68 Å². The van der Waals surface area contributed by atoms with Gasteiger partial charge < -0.3 is 9.84 Å². The van der Waals surface area contributed by atoms with Gasteiger partial charge in [0.1, 0.15) is 11.3 Å². The Bertz CT molecular complexity index is 651. The van der Waals surface area contributed by atoms with Crippen LogP contribution in [0, 0.1) is 0 Å². The molecule has 0 fully saturated rings. The molecule has 0 aliphatic rings. The van der Waals surface area contributed by atoms with E-state index in [1.807, 2.05) is 0 Å². The highest BCUT2D eigenvalue weighted by Crippen LogP contribution is 2.19. The lowest BCUT2D eigenvalue weighted by atomic mass is 10.2. The molecule has 0 saturated heterocycles. The molecule has 2 rings (SSSR count). The van der Waals surface area contributed by atoms with Crippen LogP contribution in [0.25, 0.3) is 0 Å². The number of benzene rings is 1. The van der Waals surface area contributed by atoms with E-state index in [9.17, 15) is 9.59 Å². The molecule has 0 bridgehead atoms. The van der Waals surface area contributed by atoms with Gasteiger partial charge in [-0.25, -0.2) is 9.59 Å². The van der Waals surface area contributed by atoms with E-state index >= 15 is 0 Å². The van der Waals surface area contributed by atoms with Gasteiger partial charge in [-0.05, 0) is 18.2 Å². The maximum Gasteiger partial charge on any atom is 0.362 e. The second kappa shape index (κ2) is 5.11. The van der Waals surface area contributed by atoms with Crippen LogP contribution in [0.5, 0.6) is 5.75 Å². The zero-order chi connectivity index (χ0) is 14.0. The predicted octanol–water partition coefficient (Wildman–Crippen LogP) is 1.99. The topological polar surface area (TPSA) is 81.4 Å². The van der Waals surface area contributed by atoms with Crippen molar-refractivity contribution >= 4 is 23.5 Å². The fourth-order valence-corrected chi connectivity index (χ4v) is 1.70. The molecule has 0 aliphatic carbocycles. The minimum Gasteiger partial charge on any atom is -0.478 e. The van der Waals surface area contributed by atoms with Gasteiger partial charge in [-0.1, -0.05) is 17.7 Å². The number of carboxylic acids is 1. The fourth-order valence-electron chi connectivity index (χ4n) is 1.52. The number of rotatable bonds is 3. The smallest absolute Gasteiger partial charge is 0.362 e. The molecule has 0 amide bonds. The number of nitrogens with zero attached hydrogens (tertiary/aromatic N) is 2. The fraction of sp³-hybridized carbons (Fsp3) is 0.0833. The molecule has 7 heteroatoms. The van der Waals surface area contributed by atoms with E-state index in [0.29, 0.717) is 5.02 Å². The lowest BCUT2D eigenvalue weighted by Gasteiger charge is -2.05. The first kappa shape index (κ1) is 13.1. The lowest BCUT2D eigenvalue weighted by molar-refractivity contribution is 0.0663. The van der Waals surface area contributed by atoms with Gasteiger partial charge >= 0.3 is 11.9 Å². The van der Waals surface area contributed by atoms with Crippen molar-refractivity contribution in [2.45, 2.75) is 0 Å². The largest absolute Gasteiger partial charge is 0.478 e. The van der Waals surface area contributed by atoms with E-state index in [0.717, 1.165) is 10.9 Å². The van der Waals surface area contributed by atoms with Crippen LogP contribution in [-0.4, -0.2) is 26.8 Å². The molecule has 6 nitrogen and oxygen atoms in total. The van der Waals surface area contributed by atoms with Crippen molar-refractivity contribution in [2.24, 2.45) is 7.05 Å². The van der Waals surface area contributed by atoms with E-state index in [2.05, 4.69) is 5.10 Å². The van der Waals surface area contributed by atoms with Crippen molar-refractivity contribution in [3.63, 3.8) is 0 Å². The number of carbonyl (C=O) groups excluding carboxylic acids is 1. The highest BCUT2D eigenvalue weighted by atomic mass is 35.5. The molecular weight excluding hydrogens is 272 g/mol. The summed E-state index contributed by atoms with van der Waals surface area (Å²) >= 11 is 5.76. The first-order chi connectivity index (χ1) is 8.99. The zero-order valence-corrected chi connectivity index (χ0v) is 10.6. The Kier molecular flexibility index (Phi) is 3.52. The summed E-state index contributed by atoms with van der Waals surface area (Å²) in [6.07, 6.45) is 1.09. The Morgan fingerprint density at radius 1 is 1.42 bits per heavy atom. The maximum absolute atomic E-state index is 11.9. The molecular formula is C12H9ClN2O4. The Morgan fingerprint density at radius 2 is 2.16 bits per heavy atom. The minimum absolute atomic E-state index is 0.132. The van der Waals surface area contributed by atoms with Gasteiger partial charge in [0.25, 0.3) is 0 Å². The minimum atomic E-state index is -1.24. The average Bonchev–Trinajstić information content (AvgIpc) is 2.71. The molecule has 2 aromatic rings. The van der Waals surface area contributed by atoms with Crippen LogP contribution in [-0.2, 0) is 7.05 Å². The third-order valence-corrected chi connectivity index (χ3v) is 2.60. The molecule has 1 aromatic heterocycles. The molecule has 0 atom stereocenters. The molecule has 98 valence electrons. The summed E-state index contributed by atoms with van der Waals surface area (Å²) in [4.78, 5) is 22.9. The highest BCUT2D eigenvalue weighted by Gasteiger charge is 2.23. The van der Waals surface area contributed by atoms with Crippen LogP contribution in [0.4, 0.5) is 0 Å². The van der Waals surface area contributed by atoms with Crippen LogP contribution < -0.4 is 4.74 Å². The Balaban J connectivity index is 2.30. The summed E-state index contributed by atoms with van der Waals surface area (Å²) in [5.74, 6) is -1.82. The summed E-state index contributed by atoms with van der Waals surface area (Å²) in [6, 6.07) is 6.24.